The van der Waals surface area contributed by atoms with E-state index in [2.05, 4.69) is 39.2 Å². The zero-order valence-corrected chi connectivity index (χ0v) is 8.55. The molecular formula is C12H18O. The van der Waals surface area contributed by atoms with Crippen molar-refractivity contribution >= 4 is 0 Å². The quantitative estimate of drug-likeness (QED) is 0.475. The number of ether oxygens (including phenoxy) is 1. The van der Waals surface area contributed by atoms with Crippen molar-refractivity contribution < 1.29 is 4.74 Å². The third kappa shape index (κ3) is 2.48. The predicted octanol–water partition coefficient (Wildman–Crippen LogP) is 3.45. The molecular weight excluding hydrogens is 160 g/mol. The van der Waals surface area contributed by atoms with Crippen molar-refractivity contribution in [2.45, 2.75) is 32.3 Å². The fourth-order valence-electron chi connectivity index (χ4n) is 1.64. The smallest absolute Gasteiger partial charge is 0.123 e. The lowest BCUT2D eigenvalue weighted by Crippen LogP contribution is -2.28. The first-order valence-electron chi connectivity index (χ1n) is 4.71. The van der Waals surface area contributed by atoms with E-state index < -0.39 is 0 Å². The van der Waals surface area contributed by atoms with E-state index in [-0.39, 0.29) is 5.60 Å². The average molecular weight is 178 g/mol. The summed E-state index contributed by atoms with van der Waals surface area (Å²) < 4.78 is 5.45. The molecule has 0 aliphatic heterocycles. The van der Waals surface area contributed by atoms with Gasteiger partial charge in [-0.3, -0.25) is 0 Å². The molecule has 1 heteroatoms. The normalized spacial score (nSPS) is 32.6. The Morgan fingerprint density at radius 3 is 2.77 bits per heavy atom. The maximum atomic E-state index is 5.45. The van der Waals surface area contributed by atoms with E-state index in [1.54, 1.807) is 0 Å². The Hall–Kier alpha value is -0.980. The van der Waals surface area contributed by atoms with E-state index in [0.717, 1.165) is 12.8 Å². The summed E-state index contributed by atoms with van der Waals surface area (Å²) in [7, 11) is 0. The Morgan fingerprint density at radius 2 is 2.38 bits per heavy atom. The van der Waals surface area contributed by atoms with Crippen LogP contribution in [0.3, 0.4) is 0 Å². The number of allylic oxidation sites excluding steroid dienone is 2. The van der Waals surface area contributed by atoms with E-state index in [9.17, 15) is 0 Å². The molecule has 0 fully saturated rings. The molecule has 0 N–H and O–H groups in total. The van der Waals surface area contributed by atoms with Gasteiger partial charge < -0.3 is 4.74 Å². The van der Waals surface area contributed by atoms with E-state index in [1.807, 2.05) is 0 Å². The Morgan fingerprint density at radius 1 is 1.69 bits per heavy atom. The number of rotatable bonds is 3. The lowest BCUT2D eigenvalue weighted by atomic mass is 9.83. The van der Waals surface area contributed by atoms with Crippen LogP contribution in [0.4, 0.5) is 0 Å². The highest BCUT2D eigenvalue weighted by molar-refractivity contribution is 5.15. The molecule has 1 aliphatic rings. The first kappa shape index (κ1) is 10.1. The minimum atomic E-state index is -0.145. The van der Waals surface area contributed by atoms with E-state index in [1.165, 1.54) is 11.8 Å². The molecule has 0 bridgehead atoms. The van der Waals surface area contributed by atoms with Crippen LogP contribution in [0.1, 0.15) is 26.7 Å². The van der Waals surface area contributed by atoms with Gasteiger partial charge in [-0.05, 0) is 38.7 Å². The SMILES string of the molecule is C=COC1(C)C=CC(C(=C)C)CC1. The molecule has 0 amide bonds. The first-order valence-corrected chi connectivity index (χ1v) is 4.71. The Balaban J connectivity index is 2.65. The van der Waals surface area contributed by atoms with E-state index in [4.69, 9.17) is 4.74 Å². The maximum absolute atomic E-state index is 5.45. The van der Waals surface area contributed by atoms with Crippen LogP contribution in [-0.4, -0.2) is 5.60 Å². The van der Waals surface area contributed by atoms with Gasteiger partial charge in [0, 0.05) is 0 Å². The Labute approximate surface area is 80.8 Å². The Kier molecular flexibility index (Phi) is 2.97. The molecule has 0 saturated heterocycles. The van der Waals surface area contributed by atoms with Crippen molar-refractivity contribution in [3.63, 3.8) is 0 Å². The first-order chi connectivity index (χ1) is 6.07. The predicted molar refractivity (Wildman–Crippen MR) is 56.4 cm³/mol. The summed E-state index contributed by atoms with van der Waals surface area (Å²) in [6.45, 7) is 11.7. The van der Waals surface area contributed by atoms with Crippen LogP contribution < -0.4 is 0 Å². The summed E-state index contributed by atoms with van der Waals surface area (Å²) in [5.74, 6) is 0.529. The zero-order valence-electron chi connectivity index (χ0n) is 8.55. The van der Waals surface area contributed by atoms with Crippen LogP contribution in [-0.2, 0) is 4.74 Å². The van der Waals surface area contributed by atoms with Gasteiger partial charge in [-0.1, -0.05) is 24.8 Å². The highest BCUT2D eigenvalue weighted by Crippen LogP contribution is 2.31. The van der Waals surface area contributed by atoms with Crippen molar-refractivity contribution in [3.05, 3.63) is 37.1 Å². The molecule has 2 unspecified atom stereocenters. The van der Waals surface area contributed by atoms with Crippen LogP contribution in [0.25, 0.3) is 0 Å². The molecule has 0 saturated carbocycles. The van der Waals surface area contributed by atoms with Gasteiger partial charge in [0.15, 0.2) is 0 Å². The molecule has 2 atom stereocenters. The third-order valence-corrected chi connectivity index (χ3v) is 2.62. The zero-order chi connectivity index (χ0) is 9.90. The molecule has 13 heavy (non-hydrogen) atoms. The fraction of sp³-hybridized carbons (Fsp3) is 0.500. The van der Waals surface area contributed by atoms with Gasteiger partial charge in [0.1, 0.15) is 5.60 Å². The number of hydrogen-bond acceptors (Lipinski definition) is 1. The summed E-state index contributed by atoms with van der Waals surface area (Å²) in [4.78, 5) is 0. The van der Waals surface area contributed by atoms with Gasteiger partial charge in [-0.2, -0.15) is 0 Å². The van der Waals surface area contributed by atoms with Crippen molar-refractivity contribution in [1.29, 1.82) is 0 Å². The molecule has 0 spiro atoms. The topological polar surface area (TPSA) is 9.23 Å². The summed E-state index contributed by atoms with van der Waals surface area (Å²) in [6.07, 6.45) is 7.99. The van der Waals surface area contributed by atoms with Crippen LogP contribution in [0.5, 0.6) is 0 Å². The molecule has 0 heterocycles. The summed E-state index contributed by atoms with van der Waals surface area (Å²) >= 11 is 0. The van der Waals surface area contributed by atoms with E-state index >= 15 is 0 Å². The van der Waals surface area contributed by atoms with Gasteiger partial charge in [-0.15, -0.1) is 0 Å². The van der Waals surface area contributed by atoms with Gasteiger partial charge in [-0.25, -0.2) is 0 Å². The van der Waals surface area contributed by atoms with Gasteiger partial charge in [0.25, 0.3) is 0 Å². The van der Waals surface area contributed by atoms with Crippen LogP contribution in [0, 0.1) is 5.92 Å². The second kappa shape index (κ2) is 3.82. The molecule has 1 rings (SSSR count). The lowest BCUT2D eigenvalue weighted by Gasteiger charge is -2.31. The van der Waals surface area contributed by atoms with Crippen molar-refractivity contribution in [1.82, 2.24) is 0 Å². The second-order valence-electron chi connectivity index (χ2n) is 3.95. The summed E-state index contributed by atoms with van der Waals surface area (Å²) in [6, 6.07) is 0. The minimum Gasteiger partial charge on any atom is -0.492 e. The van der Waals surface area contributed by atoms with Crippen molar-refractivity contribution in [2.24, 2.45) is 5.92 Å². The van der Waals surface area contributed by atoms with Crippen LogP contribution in [0.15, 0.2) is 37.1 Å². The standard InChI is InChI=1S/C12H18O/c1-5-13-12(4)8-6-11(7-9-12)10(2)3/h5-6,8,11H,1-2,7,9H2,3-4H3. The third-order valence-electron chi connectivity index (χ3n) is 2.62. The Bertz CT molecular complexity index is 240. The van der Waals surface area contributed by atoms with E-state index in [0.29, 0.717) is 5.92 Å². The molecule has 72 valence electrons. The van der Waals surface area contributed by atoms with Crippen LogP contribution >= 0.6 is 0 Å². The summed E-state index contributed by atoms with van der Waals surface area (Å²) in [5, 5.41) is 0. The highest BCUT2D eigenvalue weighted by Gasteiger charge is 2.26. The molecule has 0 aromatic heterocycles. The monoisotopic (exact) mass is 178 g/mol. The maximum Gasteiger partial charge on any atom is 0.123 e. The summed E-state index contributed by atoms with van der Waals surface area (Å²) in [5.41, 5.74) is 1.09. The molecule has 1 aliphatic carbocycles. The molecule has 0 aromatic rings. The largest absolute Gasteiger partial charge is 0.492 e. The fourth-order valence-corrected chi connectivity index (χ4v) is 1.64. The van der Waals surface area contributed by atoms with Gasteiger partial charge >= 0.3 is 0 Å². The highest BCUT2D eigenvalue weighted by atomic mass is 16.5. The number of hydrogen-bond donors (Lipinski definition) is 0. The minimum absolute atomic E-state index is 0.145. The van der Waals surface area contributed by atoms with Crippen LogP contribution in [0.2, 0.25) is 0 Å². The van der Waals surface area contributed by atoms with Crippen molar-refractivity contribution in [3.8, 4) is 0 Å². The van der Waals surface area contributed by atoms with Crippen molar-refractivity contribution in [2.75, 3.05) is 0 Å². The molecule has 0 radical (unpaired) electrons. The molecule has 0 aromatic carbocycles. The molecule has 1 nitrogen and oxygen atoms in total. The van der Waals surface area contributed by atoms with Gasteiger partial charge in [0.2, 0.25) is 0 Å². The van der Waals surface area contributed by atoms with Gasteiger partial charge in [0.05, 0.1) is 6.26 Å². The lowest BCUT2D eigenvalue weighted by molar-refractivity contribution is 0.0684. The second-order valence-corrected chi connectivity index (χ2v) is 3.95. The average Bonchev–Trinajstić information content (AvgIpc) is 2.05.